The maximum absolute atomic E-state index is 12.2. The Morgan fingerprint density at radius 3 is 1.82 bits per heavy atom. The largest absolute Gasteiger partial charge is 0.480 e. The summed E-state index contributed by atoms with van der Waals surface area (Å²) in [6.07, 6.45) is 0.925. The van der Waals surface area contributed by atoms with Crippen LogP contribution in [0.1, 0.15) is 12.0 Å². The second-order valence-corrected chi connectivity index (χ2v) is 8.26. The van der Waals surface area contributed by atoms with Gasteiger partial charge in [-0.3, -0.25) is 29.1 Å². The maximum atomic E-state index is 12.2. The minimum Gasteiger partial charge on any atom is -0.480 e. The second kappa shape index (κ2) is 13.7. The van der Waals surface area contributed by atoms with Crippen molar-refractivity contribution >= 4 is 23.6 Å². The minimum atomic E-state index is -0.950. The highest BCUT2D eigenvalue weighted by molar-refractivity contribution is 5.73. The van der Waals surface area contributed by atoms with Gasteiger partial charge < -0.3 is 26.4 Å². The van der Waals surface area contributed by atoms with E-state index in [9.17, 15) is 29.7 Å². The van der Waals surface area contributed by atoms with Crippen LogP contribution in [0.25, 0.3) is 0 Å². The molecular formula is C22H35N5O6. The van der Waals surface area contributed by atoms with Crippen LogP contribution in [0, 0.1) is 0 Å². The Morgan fingerprint density at radius 1 is 0.848 bits per heavy atom. The summed E-state index contributed by atoms with van der Waals surface area (Å²) in [6.45, 7) is 3.43. The summed E-state index contributed by atoms with van der Waals surface area (Å²) in [5.41, 5.74) is 7.35. The normalized spacial score (nSPS) is 18.7. The maximum Gasteiger partial charge on any atom is 0.320 e. The number of rotatable bonds is 9. The first-order chi connectivity index (χ1) is 15.7. The monoisotopic (exact) mass is 465 g/mol. The summed E-state index contributed by atoms with van der Waals surface area (Å²) in [6, 6.07) is 6.54. The Balaban J connectivity index is 2.15. The van der Waals surface area contributed by atoms with Crippen LogP contribution in [0.5, 0.6) is 0 Å². The molecule has 0 aliphatic carbocycles. The van der Waals surface area contributed by atoms with Crippen molar-refractivity contribution in [3.05, 3.63) is 29.8 Å². The van der Waals surface area contributed by atoms with Crippen LogP contribution in [0.2, 0.25) is 0 Å². The zero-order valence-electron chi connectivity index (χ0n) is 18.9. The van der Waals surface area contributed by atoms with E-state index in [2.05, 4.69) is 5.32 Å². The molecule has 1 fully saturated rings. The van der Waals surface area contributed by atoms with Gasteiger partial charge in [0.15, 0.2) is 0 Å². The van der Waals surface area contributed by atoms with Crippen molar-refractivity contribution in [2.24, 2.45) is 0 Å². The quantitative estimate of drug-likeness (QED) is 0.294. The molecular weight excluding hydrogens is 430 g/mol. The molecule has 11 heteroatoms. The number of carbonyl (C=O) groups is 3. The van der Waals surface area contributed by atoms with Gasteiger partial charge in [-0.1, -0.05) is 12.1 Å². The average Bonchev–Trinajstić information content (AvgIpc) is 2.73. The number of hydrogen-bond acceptors (Lipinski definition) is 8. The van der Waals surface area contributed by atoms with E-state index in [1.807, 2.05) is 17.0 Å². The van der Waals surface area contributed by atoms with Crippen LogP contribution in [0.3, 0.4) is 0 Å². The fraction of sp³-hybridized carbons (Fsp3) is 0.591. The van der Waals surface area contributed by atoms with Crippen molar-refractivity contribution < 1.29 is 29.7 Å². The van der Waals surface area contributed by atoms with Crippen molar-refractivity contribution in [2.45, 2.75) is 18.9 Å². The van der Waals surface area contributed by atoms with E-state index < -0.39 is 23.9 Å². The molecule has 1 aliphatic rings. The number of hydrogen-bond donors (Lipinski definition) is 5. The number of carboxylic acids is 3. The number of nitrogens with zero attached hydrogens (tertiary/aromatic N) is 3. The van der Waals surface area contributed by atoms with E-state index in [0.717, 1.165) is 5.56 Å². The Hall–Kier alpha value is -2.73. The highest BCUT2D eigenvalue weighted by atomic mass is 16.4. The molecule has 33 heavy (non-hydrogen) atoms. The van der Waals surface area contributed by atoms with Gasteiger partial charge >= 0.3 is 17.9 Å². The molecule has 2 rings (SSSR count). The number of benzene rings is 1. The standard InChI is InChI=1S/C22H35N5O6/c23-18-4-1-17(2-5-18)3-6-19(22(32)33)27-13-11-25(15-20(28)29)9-7-24-8-10-26(12-14-27)16-21(30)31/h1-2,4-5,19,24H,3,6-16,23H2,(H,28,29)(H,30,31)(H,32,33). The molecule has 0 spiro atoms. The van der Waals surface area contributed by atoms with Crippen LogP contribution >= 0.6 is 0 Å². The molecule has 11 nitrogen and oxygen atoms in total. The Labute approximate surface area is 193 Å². The first-order valence-electron chi connectivity index (χ1n) is 11.1. The van der Waals surface area contributed by atoms with E-state index in [0.29, 0.717) is 70.9 Å². The third kappa shape index (κ3) is 10.2. The number of nitrogens with two attached hydrogens (primary N) is 1. The number of anilines is 1. The van der Waals surface area contributed by atoms with E-state index in [1.54, 1.807) is 21.9 Å². The molecule has 0 amide bonds. The zero-order chi connectivity index (χ0) is 24.2. The van der Waals surface area contributed by atoms with Crippen molar-refractivity contribution in [1.82, 2.24) is 20.0 Å². The van der Waals surface area contributed by atoms with Crippen LogP contribution in [0.15, 0.2) is 24.3 Å². The van der Waals surface area contributed by atoms with Gasteiger partial charge in [0.2, 0.25) is 0 Å². The third-order valence-electron chi connectivity index (χ3n) is 5.75. The van der Waals surface area contributed by atoms with E-state index in [1.165, 1.54) is 0 Å². The predicted molar refractivity (Wildman–Crippen MR) is 123 cm³/mol. The predicted octanol–water partition coefficient (Wildman–Crippen LogP) is -0.667. The molecule has 0 saturated carbocycles. The van der Waals surface area contributed by atoms with E-state index >= 15 is 0 Å². The van der Waals surface area contributed by atoms with Crippen LogP contribution in [-0.4, -0.2) is 119 Å². The highest BCUT2D eigenvalue weighted by Crippen LogP contribution is 2.13. The molecule has 0 bridgehead atoms. The summed E-state index contributed by atoms with van der Waals surface area (Å²) < 4.78 is 0. The lowest BCUT2D eigenvalue weighted by atomic mass is 10.0. The molecule has 1 aromatic carbocycles. The molecule has 1 aromatic rings. The van der Waals surface area contributed by atoms with E-state index in [4.69, 9.17) is 5.73 Å². The van der Waals surface area contributed by atoms with Gasteiger partial charge in [-0.2, -0.15) is 0 Å². The van der Waals surface area contributed by atoms with Gasteiger partial charge in [-0.05, 0) is 30.5 Å². The SMILES string of the molecule is Nc1ccc(CCC(C(=O)O)N2CCN(CC(=O)O)CCNCCN(CC(=O)O)CC2)cc1. The molecule has 1 heterocycles. The lowest BCUT2D eigenvalue weighted by Crippen LogP contribution is -2.51. The first kappa shape index (κ1) is 26.5. The van der Waals surface area contributed by atoms with Gasteiger partial charge in [0, 0.05) is 58.0 Å². The Kier molecular flexibility index (Phi) is 11.0. The fourth-order valence-electron chi connectivity index (χ4n) is 3.93. The molecule has 1 saturated heterocycles. The Morgan fingerprint density at radius 2 is 1.36 bits per heavy atom. The molecule has 1 atom stereocenters. The van der Waals surface area contributed by atoms with Gasteiger partial charge in [0.1, 0.15) is 6.04 Å². The molecule has 184 valence electrons. The summed E-state index contributed by atoms with van der Waals surface area (Å²) in [5.74, 6) is -2.81. The highest BCUT2D eigenvalue weighted by Gasteiger charge is 2.27. The second-order valence-electron chi connectivity index (χ2n) is 8.26. The lowest BCUT2D eigenvalue weighted by Gasteiger charge is -2.34. The van der Waals surface area contributed by atoms with Crippen molar-refractivity contribution in [3.63, 3.8) is 0 Å². The molecule has 0 radical (unpaired) electrons. The summed E-state index contributed by atoms with van der Waals surface area (Å²) in [4.78, 5) is 40.1. The molecule has 1 unspecified atom stereocenters. The first-order valence-corrected chi connectivity index (χ1v) is 11.1. The van der Waals surface area contributed by atoms with Crippen molar-refractivity contribution in [3.8, 4) is 0 Å². The smallest absolute Gasteiger partial charge is 0.320 e. The summed E-state index contributed by atoms with van der Waals surface area (Å²) in [5, 5.41) is 31.6. The summed E-state index contributed by atoms with van der Waals surface area (Å²) >= 11 is 0. The molecule has 0 aromatic heterocycles. The van der Waals surface area contributed by atoms with Crippen LogP contribution < -0.4 is 11.1 Å². The van der Waals surface area contributed by atoms with Crippen molar-refractivity contribution in [1.29, 1.82) is 0 Å². The minimum absolute atomic E-state index is 0.121. The molecule has 6 N–H and O–H groups in total. The number of nitrogen functional groups attached to an aromatic ring is 1. The van der Waals surface area contributed by atoms with E-state index in [-0.39, 0.29) is 13.1 Å². The summed E-state index contributed by atoms with van der Waals surface area (Å²) in [7, 11) is 0. The van der Waals surface area contributed by atoms with Gasteiger partial charge in [-0.25, -0.2) is 0 Å². The van der Waals surface area contributed by atoms with Crippen LogP contribution in [-0.2, 0) is 20.8 Å². The number of carboxylic acid groups (broad SMARTS) is 3. The van der Waals surface area contributed by atoms with Gasteiger partial charge in [-0.15, -0.1) is 0 Å². The lowest BCUT2D eigenvalue weighted by molar-refractivity contribution is -0.145. The third-order valence-corrected chi connectivity index (χ3v) is 5.75. The van der Waals surface area contributed by atoms with Gasteiger partial charge in [0.25, 0.3) is 0 Å². The molecule has 1 aliphatic heterocycles. The van der Waals surface area contributed by atoms with Crippen molar-refractivity contribution in [2.75, 3.05) is 71.2 Å². The van der Waals surface area contributed by atoms with Gasteiger partial charge in [0.05, 0.1) is 13.1 Å². The fourth-order valence-corrected chi connectivity index (χ4v) is 3.93. The van der Waals surface area contributed by atoms with Crippen LogP contribution in [0.4, 0.5) is 5.69 Å². The number of aliphatic carboxylic acids is 3. The average molecular weight is 466 g/mol. The number of nitrogens with one attached hydrogen (secondary N) is 1. The number of aryl methyl sites for hydroxylation is 1. The topological polar surface area (TPSA) is 160 Å². The Bertz CT molecular complexity index is 745. The zero-order valence-corrected chi connectivity index (χ0v) is 18.9.